The molecule has 2 rings (SSSR count). The van der Waals surface area contributed by atoms with Crippen LogP contribution in [0.5, 0.6) is 0 Å². The monoisotopic (exact) mass is 368 g/mol. The first-order valence-corrected chi connectivity index (χ1v) is 7.58. The van der Waals surface area contributed by atoms with Crippen LogP contribution < -0.4 is 0 Å². The molecule has 0 saturated heterocycles. The second-order valence-corrected chi connectivity index (χ2v) is 5.89. The Morgan fingerprint density at radius 1 is 0.545 bits per heavy atom. The van der Waals surface area contributed by atoms with E-state index in [0.717, 1.165) is 0 Å². The van der Waals surface area contributed by atoms with Crippen LogP contribution in [0.3, 0.4) is 0 Å². The van der Waals surface area contributed by atoms with Gasteiger partial charge in [0.25, 0.3) is 0 Å². The molecule has 22 heavy (non-hydrogen) atoms. The van der Waals surface area contributed by atoms with E-state index in [9.17, 15) is 19.2 Å². The first-order chi connectivity index (χ1) is 10.3. The van der Waals surface area contributed by atoms with E-state index < -0.39 is 20.5 Å². The molecule has 0 heterocycles. The summed E-state index contributed by atoms with van der Waals surface area (Å²) in [7, 11) is 0. The highest BCUT2D eigenvalue weighted by atomic mass is 32.1. The van der Waals surface area contributed by atoms with Gasteiger partial charge in [0, 0.05) is 11.1 Å². The summed E-state index contributed by atoms with van der Waals surface area (Å²) in [5.74, 6) is 0. The Morgan fingerprint density at radius 3 is 1.05 bits per heavy atom. The zero-order valence-electron chi connectivity index (χ0n) is 10.7. The molecule has 0 amide bonds. The molecule has 112 valence electrons. The van der Waals surface area contributed by atoms with Gasteiger partial charge >= 0.3 is 0 Å². The highest BCUT2D eigenvalue weighted by molar-refractivity contribution is 7.98. The summed E-state index contributed by atoms with van der Waals surface area (Å²) in [4.78, 5) is 47.5. The van der Waals surface area contributed by atoms with E-state index in [1.54, 1.807) is 24.3 Å². The number of carbonyl (C=O) groups is 4. The normalized spacial score (nSPS) is 10.5. The summed E-state index contributed by atoms with van der Waals surface area (Å²) in [5, 5.41) is -2.48. The van der Waals surface area contributed by atoms with Crippen molar-refractivity contribution in [3.63, 3.8) is 0 Å². The van der Waals surface area contributed by atoms with Gasteiger partial charge in [0.05, 0.1) is 11.1 Å². The molecule has 0 radical (unpaired) electrons. The number of benzene rings is 2. The molecule has 2 aromatic carbocycles. The molecule has 0 saturated carbocycles. The minimum Gasteiger partial charge on any atom is -0.282 e. The molecule has 2 aromatic rings. The molecular formula is C14H8O4S4. The number of hydrogen-bond acceptors (Lipinski definition) is 4. The van der Waals surface area contributed by atoms with Crippen molar-refractivity contribution in [2.24, 2.45) is 0 Å². The number of hydrogen-bond donors (Lipinski definition) is 4. The van der Waals surface area contributed by atoms with Gasteiger partial charge in [-0.3, -0.25) is 19.2 Å². The summed E-state index contributed by atoms with van der Waals surface area (Å²) in [6, 6.07) is 6.35. The van der Waals surface area contributed by atoms with Crippen LogP contribution >= 0.6 is 50.5 Å². The van der Waals surface area contributed by atoms with E-state index in [1.807, 2.05) is 0 Å². The first kappa shape index (κ1) is 17.1. The van der Waals surface area contributed by atoms with Crippen LogP contribution in [0.25, 0.3) is 10.8 Å². The third-order valence-electron chi connectivity index (χ3n) is 3.07. The quantitative estimate of drug-likeness (QED) is 0.626. The summed E-state index contributed by atoms with van der Waals surface area (Å²) in [5.41, 5.74) is -0.761. The summed E-state index contributed by atoms with van der Waals surface area (Å²) in [6.07, 6.45) is 0. The van der Waals surface area contributed by atoms with Crippen molar-refractivity contribution in [2.75, 3.05) is 0 Å². The number of fused-ring (bicyclic) bond motifs is 1. The fraction of sp³-hybridized carbons (Fsp3) is 0. The zero-order chi connectivity index (χ0) is 16.6. The lowest BCUT2D eigenvalue weighted by Crippen LogP contribution is -2.14. The Hall–Kier alpha value is -1.22. The zero-order valence-corrected chi connectivity index (χ0v) is 14.3. The minimum atomic E-state index is -0.837. The predicted molar refractivity (Wildman–Crippen MR) is 97.2 cm³/mol. The maximum Gasteiger partial charge on any atom is 0.217 e. The molecule has 4 nitrogen and oxygen atoms in total. The van der Waals surface area contributed by atoms with Gasteiger partial charge in [0.15, 0.2) is 0 Å². The molecule has 0 spiro atoms. The van der Waals surface area contributed by atoms with Gasteiger partial charge in [-0.2, -0.15) is 0 Å². The van der Waals surface area contributed by atoms with Gasteiger partial charge in [-0.25, -0.2) is 0 Å². The van der Waals surface area contributed by atoms with E-state index in [1.165, 1.54) is 0 Å². The number of rotatable bonds is 4. The molecule has 0 bridgehead atoms. The Labute approximate surface area is 147 Å². The lowest BCUT2D eigenvalue weighted by molar-refractivity contribution is 0.104. The van der Waals surface area contributed by atoms with Gasteiger partial charge in [-0.1, -0.05) is 24.3 Å². The van der Waals surface area contributed by atoms with Crippen LogP contribution in [-0.2, 0) is 0 Å². The SMILES string of the molecule is O=C(S)c1c(C(=O)S)c(C(=O)S)c2ccccc2c1C(=O)S. The standard InChI is InChI=1S/C14H8O4S4/c15-11(19)7-5-3-1-2-4-6(5)8(12(16)20)10(14(18)22)9(7)13(17)21/h1-4H,(H,15,19)(H,16,20)(H,17,21)(H,18,22). The predicted octanol–water partition coefficient (Wildman–Crippen LogP) is 3.12. The topological polar surface area (TPSA) is 68.3 Å². The molecule has 0 aliphatic carbocycles. The third-order valence-corrected chi connectivity index (χ3v) is 3.97. The van der Waals surface area contributed by atoms with E-state index >= 15 is 0 Å². The van der Waals surface area contributed by atoms with E-state index in [4.69, 9.17) is 0 Å². The largest absolute Gasteiger partial charge is 0.282 e. The van der Waals surface area contributed by atoms with Crippen LogP contribution in [-0.4, -0.2) is 20.5 Å². The molecule has 0 N–H and O–H groups in total. The van der Waals surface area contributed by atoms with Crippen molar-refractivity contribution in [1.82, 2.24) is 0 Å². The summed E-state index contributed by atoms with van der Waals surface area (Å²) in [6.45, 7) is 0. The molecule has 0 aliphatic heterocycles. The van der Waals surface area contributed by atoms with E-state index in [-0.39, 0.29) is 22.3 Å². The Morgan fingerprint density at radius 2 is 0.818 bits per heavy atom. The Balaban J connectivity index is 3.25. The number of carbonyl (C=O) groups excluding carboxylic acids is 4. The molecule has 8 heteroatoms. The van der Waals surface area contributed by atoms with Crippen LogP contribution in [0.15, 0.2) is 24.3 Å². The van der Waals surface area contributed by atoms with Crippen LogP contribution in [0.1, 0.15) is 41.4 Å². The molecule has 0 aliphatic rings. The Kier molecular flexibility index (Phi) is 5.06. The van der Waals surface area contributed by atoms with Gasteiger partial charge in [0.1, 0.15) is 0 Å². The molecule has 0 unspecified atom stereocenters. The second-order valence-electron chi connectivity index (χ2n) is 4.27. The smallest absolute Gasteiger partial charge is 0.217 e. The average Bonchev–Trinajstić information content (AvgIpc) is 2.43. The van der Waals surface area contributed by atoms with E-state index in [2.05, 4.69) is 50.5 Å². The molecule has 0 atom stereocenters. The first-order valence-electron chi connectivity index (χ1n) is 5.79. The van der Waals surface area contributed by atoms with Crippen molar-refractivity contribution in [3.8, 4) is 0 Å². The highest BCUT2D eigenvalue weighted by Gasteiger charge is 2.29. The summed E-state index contributed by atoms with van der Waals surface area (Å²) >= 11 is 14.9. The lowest BCUT2D eigenvalue weighted by atomic mass is 9.90. The van der Waals surface area contributed by atoms with Crippen LogP contribution in [0.4, 0.5) is 0 Å². The summed E-state index contributed by atoms with van der Waals surface area (Å²) < 4.78 is 0. The average molecular weight is 368 g/mol. The van der Waals surface area contributed by atoms with Crippen molar-refractivity contribution >= 4 is 81.7 Å². The second kappa shape index (κ2) is 6.49. The van der Waals surface area contributed by atoms with Gasteiger partial charge in [-0.15, -0.1) is 50.5 Å². The third kappa shape index (κ3) is 2.83. The van der Waals surface area contributed by atoms with Crippen molar-refractivity contribution in [3.05, 3.63) is 46.5 Å². The van der Waals surface area contributed by atoms with Crippen LogP contribution in [0, 0.1) is 0 Å². The van der Waals surface area contributed by atoms with E-state index in [0.29, 0.717) is 10.8 Å². The van der Waals surface area contributed by atoms with Crippen molar-refractivity contribution in [1.29, 1.82) is 0 Å². The van der Waals surface area contributed by atoms with Gasteiger partial charge < -0.3 is 0 Å². The van der Waals surface area contributed by atoms with Crippen molar-refractivity contribution < 1.29 is 19.2 Å². The fourth-order valence-electron chi connectivity index (χ4n) is 2.31. The maximum absolute atomic E-state index is 11.9. The highest BCUT2D eigenvalue weighted by Crippen LogP contribution is 2.34. The fourth-order valence-corrected chi connectivity index (χ4v) is 3.22. The minimum absolute atomic E-state index is 0.0883. The number of thiol groups is 4. The molecular weight excluding hydrogens is 360 g/mol. The Bertz CT molecular complexity index is 787. The maximum atomic E-state index is 11.9. The molecule has 0 aromatic heterocycles. The van der Waals surface area contributed by atoms with Crippen molar-refractivity contribution in [2.45, 2.75) is 0 Å². The molecule has 0 fully saturated rings. The lowest BCUT2D eigenvalue weighted by Gasteiger charge is -2.16. The van der Waals surface area contributed by atoms with Gasteiger partial charge in [0.2, 0.25) is 20.5 Å². The van der Waals surface area contributed by atoms with Gasteiger partial charge in [-0.05, 0) is 10.8 Å². The van der Waals surface area contributed by atoms with Crippen LogP contribution in [0.2, 0.25) is 0 Å².